The second kappa shape index (κ2) is 5.34. The van der Waals surface area contributed by atoms with Crippen LogP contribution in [0.5, 0.6) is 0 Å². The summed E-state index contributed by atoms with van der Waals surface area (Å²) < 4.78 is 12.5. The quantitative estimate of drug-likeness (QED) is 0.839. The van der Waals surface area contributed by atoms with Crippen LogP contribution in [0.25, 0.3) is 0 Å². The Labute approximate surface area is 92.9 Å². The van der Waals surface area contributed by atoms with Crippen LogP contribution in [-0.2, 0) is 4.79 Å². The highest BCUT2D eigenvalue weighted by molar-refractivity contribution is 5.96. The lowest BCUT2D eigenvalue weighted by molar-refractivity contribution is -0.120. The number of carbonyl (C=O) groups excluding carboxylic acids is 2. The number of nitrogens with zero attached hydrogens (tertiary/aromatic N) is 1. The van der Waals surface area contributed by atoms with Gasteiger partial charge < -0.3 is 5.32 Å². The Bertz CT molecular complexity index is 389. The molecule has 0 saturated carbocycles. The van der Waals surface area contributed by atoms with E-state index in [4.69, 9.17) is 0 Å². The first kappa shape index (κ1) is 12.3. The summed E-state index contributed by atoms with van der Waals surface area (Å²) in [4.78, 5) is 26.4. The summed E-state index contributed by atoms with van der Waals surface area (Å²) >= 11 is 0. The van der Waals surface area contributed by atoms with Gasteiger partial charge in [0, 0.05) is 6.42 Å². The van der Waals surface area contributed by atoms with E-state index in [1.807, 2.05) is 0 Å². The van der Waals surface area contributed by atoms with E-state index in [2.05, 4.69) is 10.3 Å². The van der Waals surface area contributed by atoms with Crippen LogP contribution < -0.4 is 5.32 Å². The smallest absolute Gasteiger partial charge is 0.270 e. The molecule has 1 rings (SSSR count). The molecule has 1 aromatic heterocycles. The fraction of sp³-hybridized carbons (Fsp3) is 0.364. The number of nitrogens with one attached hydrogen (secondary N) is 1. The van der Waals surface area contributed by atoms with Gasteiger partial charge >= 0.3 is 0 Å². The van der Waals surface area contributed by atoms with Crippen molar-refractivity contribution in [3.8, 4) is 0 Å². The molecule has 1 heterocycles. The van der Waals surface area contributed by atoms with Crippen LogP contribution in [-0.4, -0.2) is 22.7 Å². The number of carbonyl (C=O) groups is 2. The molecule has 0 aromatic carbocycles. The third-order valence-electron chi connectivity index (χ3n) is 2.14. The van der Waals surface area contributed by atoms with Gasteiger partial charge in [-0.15, -0.1) is 0 Å². The molecule has 0 bridgehead atoms. The van der Waals surface area contributed by atoms with Gasteiger partial charge in [0.15, 0.2) is 5.78 Å². The van der Waals surface area contributed by atoms with Crippen LogP contribution >= 0.6 is 0 Å². The molecule has 1 amide bonds. The van der Waals surface area contributed by atoms with Crippen LogP contribution in [0.2, 0.25) is 0 Å². The first-order valence-electron chi connectivity index (χ1n) is 4.99. The number of hydrogen-bond donors (Lipinski definition) is 1. The van der Waals surface area contributed by atoms with Gasteiger partial charge in [-0.25, -0.2) is 9.37 Å². The Morgan fingerprint density at radius 1 is 1.50 bits per heavy atom. The molecular formula is C11H13FN2O2. The fourth-order valence-electron chi connectivity index (χ4n) is 1.17. The van der Waals surface area contributed by atoms with Gasteiger partial charge in [-0.05, 0) is 19.1 Å². The van der Waals surface area contributed by atoms with E-state index in [0.29, 0.717) is 6.42 Å². The minimum Gasteiger partial charge on any atom is -0.341 e. The van der Waals surface area contributed by atoms with Crippen molar-refractivity contribution in [3.63, 3.8) is 0 Å². The summed E-state index contributed by atoms with van der Waals surface area (Å²) in [5.74, 6) is -1.04. The molecule has 0 saturated heterocycles. The van der Waals surface area contributed by atoms with Gasteiger partial charge in [0.2, 0.25) is 0 Å². The monoisotopic (exact) mass is 224 g/mol. The third kappa shape index (κ3) is 3.12. The van der Waals surface area contributed by atoms with E-state index in [1.165, 1.54) is 6.07 Å². The van der Waals surface area contributed by atoms with Gasteiger partial charge in [-0.3, -0.25) is 9.59 Å². The number of rotatable bonds is 4. The number of hydrogen-bond acceptors (Lipinski definition) is 3. The van der Waals surface area contributed by atoms with Crippen LogP contribution in [0.1, 0.15) is 30.8 Å². The molecular weight excluding hydrogens is 211 g/mol. The van der Waals surface area contributed by atoms with Crippen molar-refractivity contribution < 1.29 is 14.0 Å². The standard InChI is InChI=1S/C11H13FN2O2/c1-3-10(15)7(2)14-11(16)9-5-4-8(12)6-13-9/h4-7H,3H2,1-2H3,(H,14,16). The van der Waals surface area contributed by atoms with Gasteiger partial charge in [0.1, 0.15) is 11.5 Å². The van der Waals surface area contributed by atoms with Crippen molar-refractivity contribution in [3.05, 3.63) is 29.8 Å². The number of ketones is 1. The highest BCUT2D eigenvalue weighted by Crippen LogP contribution is 1.99. The highest BCUT2D eigenvalue weighted by atomic mass is 19.1. The zero-order valence-corrected chi connectivity index (χ0v) is 9.16. The molecule has 4 nitrogen and oxygen atoms in total. The fourth-order valence-corrected chi connectivity index (χ4v) is 1.17. The van der Waals surface area contributed by atoms with Crippen molar-refractivity contribution in [2.24, 2.45) is 0 Å². The van der Waals surface area contributed by atoms with E-state index in [0.717, 1.165) is 12.3 Å². The van der Waals surface area contributed by atoms with Gasteiger partial charge in [0.05, 0.1) is 12.2 Å². The average Bonchev–Trinajstić information content (AvgIpc) is 2.28. The van der Waals surface area contributed by atoms with E-state index in [1.54, 1.807) is 13.8 Å². The maximum absolute atomic E-state index is 12.5. The average molecular weight is 224 g/mol. The van der Waals surface area contributed by atoms with Gasteiger partial charge in [-0.1, -0.05) is 6.92 Å². The summed E-state index contributed by atoms with van der Waals surface area (Å²) in [6, 6.07) is 1.87. The summed E-state index contributed by atoms with van der Waals surface area (Å²) in [7, 11) is 0. The molecule has 1 atom stereocenters. The maximum atomic E-state index is 12.5. The number of Topliss-reactive ketones (excluding diaryl/α,β-unsaturated/α-hetero) is 1. The largest absolute Gasteiger partial charge is 0.341 e. The lowest BCUT2D eigenvalue weighted by Gasteiger charge is -2.10. The van der Waals surface area contributed by atoms with Crippen molar-refractivity contribution in [1.29, 1.82) is 0 Å². The molecule has 0 aliphatic rings. The third-order valence-corrected chi connectivity index (χ3v) is 2.14. The molecule has 1 aromatic rings. The summed E-state index contributed by atoms with van der Waals surface area (Å²) in [6.45, 7) is 3.33. The van der Waals surface area contributed by atoms with Crippen molar-refractivity contribution >= 4 is 11.7 Å². The molecule has 0 spiro atoms. The molecule has 86 valence electrons. The molecule has 0 aliphatic heterocycles. The van der Waals surface area contributed by atoms with E-state index in [9.17, 15) is 14.0 Å². The zero-order valence-electron chi connectivity index (χ0n) is 9.16. The van der Waals surface area contributed by atoms with E-state index >= 15 is 0 Å². The molecule has 5 heteroatoms. The maximum Gasteiger partial charge on any atom is 0.270 e. The second-order valence-electron chi connectivity index (χ2n) is 3.38. The van der Waals surface area contributed by atoms with Gasteiger partial charge in [0.25, 0.3) is 5.91 Å². The lowest BCUT2D eigenvalue weighted by atomic mass is 10.1. The number of halogens is 1. The Balaban J connectivity index is 2.65. The first-order valence-corrected chi connectivity index (χ1v) is 4.99. The molecule has 0 aliphatic carbocycles. The van der Waals surface area contributed by atoms with Crippen molar-refractivity contribution in [1.82, 2.24) is 10.3 Å². The van der Waals surface area contributed by atoms with Crippen LogP contribution in [0.15, 0.2) is 18.3 Å². The van der Waals surface area contributed by atoms with Crippen LogP contribution in [0.3, 0.4) is 0 Å². The van der Waals surface area contributed by atoms with Crippen LogP contribution in [0, 0.1) is 5.82 Å². The Morgan fingerprint density at radius 2 is 2.19 bits per heavy atom. The predicted octanol–water partition coefficient (Wildman–Crippen LogP) is 1.32. The zero-order chi connectivity index (χ0) is 12.1. The van der Waals surface area contributed by atoms with Gasteiger partial charge in [-0.2, -0.15) is 0 Å². The van der Waals surface area contributed by atoms with E-state index in [-0.39, 0.29) is 11.5 Å². The Hall–Kier alpha value is -1.78. The second-order valence-corrected chi connectivity index (χ2v) is 3.38. The first-order chi connectivity index (χ1) is 7.54. The van der Waals surface area contributed by atoms with Crippen LogP contribution in [0.4, 0.5) is 4.39 Å². The van der Waals surface area contributed by atoms with Crippen molar-refractivity contribution in [2.75, 3.05) is 0 Å². The highest BCUT2D eigenvalue weighted by Gasteiger charge is 2.15. The molecule has 0 fully saturated rings. The van der Waals surface area contributed by atoms with Crippen molar-refractivity contribution in [2.45, 2.75) is 26.3 Å². The molecule has 1 unspecified atom stereocenters. The summed E-state index contributed by atoms with van der Waals surface area (Å²) in [5, 5.41) is 2.49. The molecule has 0 radical (unpaired) electrons. The Morgan fingerprint density at radius 3 is 2.69 bits per heavy atom. The normalized spacial score (nSPS) is 11.9. The number of aromatic nitrogens is 1. The van der Waals surface area contributed by atoms with E-state index < -0.39 is 17.8 Å². The minimum atomic E-state index is -0.552. The molecule has 16 heavy (non-hydrogen) atoms. The number of pyridine rings is 1. The molecule has 1 N–H and O–H groups in total. The number of amides is 1. The predicted molar refractivity (Wildman–Crippen MR) is 56.4 cm³/mol. The summed E-state index contributed by atoms with van der Waals surface area (Å²) in [6.07, 6.45) is 1.32. The Kier molecular flexibility index (Phi) is 4.10. The lowest BCUT2D eigenvalue weighted by Crippen LogP contribution is -2.38. The topological polar surface area (TPSA) is 59.1 Å². The minimum absolute atomic E-state index is 0.0598. The SMILES string of the molecule is CCC(=O)C(C)NC(=O)c1ccc(F)cn1. The summed E-state index contributed by atoms with van der Waals surface area (Å²) in [5.41, 5.74) is 0.0946.